The quantitative estimate of drug-likeness (QED) is 0.850. The number of nitrogens with zero attached hydrogens (tertiary/aromatic N) is 2. The molecule has 0 radical (unpaired) electrons. The molecule has 0 unspecified atom stereocenters. The van der Waals surface area contributed by atoms with Gasteiger partial charge >= 0.3 is 0 Å². The van der Waals surface area contributed by atoms with Crippen LogP contribution in [-0.4, -0.2) is 39.4 Å². The van der Waals surface area contributed by atoms with E-state index in [2.05, 4.69) is 4.98 Å². The van der Waals surface area contributed by atoms with E-state index in [9.17, 15) is 8.42 Å². The molecule has 1 atom stereocenters. The third-order valence-corrected chi connectivity index (χ3v) is 5.98. The number of hydrogen-bond acceptors (Lipinski definition) is 5. The number of rotatable bonds is 5. The molecule has 1 heterocycles. The van der Waals surface area contributed by atoms with E-state index in [0.29, 0.717) is 5.69 Å². The van der Waals surface area contributed by atoms with Crippen molar-refractivity contribution in [2.24, 2.45) is 0 Å². The predicted molar refractivity (Wildman–Crippen MR) is 83.0 cm³/mol. The van der Waals surface area contributed by atoms with Gasteiger partial charge in [0, 0.05) is 14.2 Å². The van der Waals surface area contributed by atoms with Crippen molar-refractivity contribution >= 4 is 37.3 Å². The van der Waals surface area contributed by atoms with Crippen LogP contribution in [0.5, 0.6) is 0 Å². The maximum Gasteiger partial charge on any atom is 0.237 e. The summed E-state index contributed by atoms with van der Waals surface area (Å²) in [5.41, 5.74) is 1.54. The van der Waals surface area contributed by atoms with Crippen molar-refractivity contribution in [3.05, 3.63) is 23.2 Å². The van der Waals surface area contributed by atoms with Gasteiger partial charge in [-0.25, -0.2) is 13.4 Å². The average molecular weight is 314 g/mol. The van der Waals surface area contributed by atoms with Gasteiger partial charge in [-0.3, -0.25) is 4.31 Å². The van der Waals surface area contributed by atoms with Crippen LogP contribution in [-0.2, 0) is 14.8 Å². The van der Waals surface area contributed by atoms with Crippen LogP contribution in [0, 0.1) is 6.92 Å². The van der Waals surface area contributed by atoms with Crippen LogP contribution in [0.15, 0.2) is 18.2 Å². The lowest BCUT2D eigenvalue weighted by Crippen LogP contribution is -2.33. The van der Waals surface area contributed by atoms with E-state index in [1.165, 1.54) is 11.4 Å². The summed E-state index contributed by atoms with van der Waals surface area (Å²) in [7, 11) is -0.325. The van der Waals surface area contributed by atoms with E-state index < -0.39 is 10.0 Å². The molecule has 0 fully saturated rings. The van der Waals surface area contributed by atoms with Gasteiger partial charge in [0.25, 0.3) is 0 Å². The van der Waals surface area contributed by atoms with Gasteiger partial charge in [-0.1, -0.05) is 0 Å². The summed E-state index contributed by atoms with van der Waals surface area (Å²) in [6, 6.07) is 5.48. The zero-order valence-corrected chi connectivity index (χ0v) is 13.6. The topological polar surface area (TPSA) is 59.5 Å². The highest BCUT2D eigenvalue weighted by Gasteiger charge is 2.22. The Morgan fingerprint density at radius 2 is 2.15 bits per heavy atom. The molecule has 110 valence electrons. The zero-order chi connectivity index (χ0) is 14.9. The second-order valence-corrected chi connectivity index (χ2v) is 7.96. The highest BCUT2D eigenvalue weighted by molar-refractivity contribution is 7.92. The Morgan fingerprint density at radius 1 is 1.45 bits per heavy atom. The Morgan fingerprint density at radius 3 is 2.80 bits per heavy atom. The number of sulfonamides is 1. The van der Waals surface area contributed by atoms with E-state index in [1.807, 2.05) is 19.1 Å². The van der Waals surface area contributed by atoms with Crippen molar-refractivity contribution in [3.63, 3.8) is 0 Å². The van der Waals surface area contributed by atoms with Crippen molar-refractivity contribution in [3.8, 4) is 0 Å². The van der Waals surface area contributed by atoms with Crippen LogP contribution in [0.25, 0.3) is 10.2 Å². The number of thiazole rings is 1. The van der Waals surface area contributed by atoms with Gasteiger partial charge in [-0.05, 0) is 32.0 Å². The third-order valence-electron chi connectivity index (χ3n) is 3.11. The standard InChI is InChI=1S/C13H18N2O3S2/c1-9(18-4)8-20(16,17)15(3)11-5-6-12-13(7-11)19-10(2)14-12/h5-7,9H,8H2,1-4H3/t9-/m1/s1. The summed E-state index contributed by atoms with van der Waals surface area (Å²) in [6.45, 7) is 3.67. The lowest BCUT2D eigenvalue weighted by molar-refractivity contribution is 0.136. The highest BCUT2D eigenvalue weighted by Crippen LogP contribution is 2.27. The van der Waals surface area contributed by atoms with Gasteiger partial charge in [-0.15, -0.1) is 11.3 Å². The highest BCUT2D eigenvalue weighted by atomic mass is 32.2. The molecule has 2 rings (SSSR count). The zero-order valence-electron chi connectivity index (χ0n) is 12.0. The molecule has 0 saturated carbocycles. The molecule has 0 aliphatic carbocycles. The molecule has 7 heteroatoms. The SMILES string of the molecule is CO[C@H](C)CS(=O)(=O)N(C)c1ccc2nc(C)sc2c1. The van der Waals surface area contributed by atoms with Crippen LogP contribution in [0.2, 0.25) is 0 Å². The molecule has 0 aliphatic heterocycles. The Kier molecular flexibility index (Phi) is 4.31. The van der Waals surface area contributed by atoms with Crippen molar-refractivity contribution < 1.29 is 13.2 Å². The van der Waals surface area contributed by atoms with Crippen molar-refractivity contribution in [1.82, 2.24) is 4.98 Å². The molecule has 2 aromatic rings. The minimum Gasteiger partial charge on any atom is -0.381 e. The number of hydrogen-bond donors (Lipinski definition) is 0. The number of fused-ring (bicyclic) bond motifs is 1. The van der Waals surface area contributed by atoms with Crippen LogP contribution in [0.4, 0.5) is 5.69 Å². The molecule has 0 amide bonds. The first-order valence-electron chi connectivity index (χ1n) is 6.20. The minimum absolute atomic E-state index is 0.0419. The van der Waals surface area contributed by atoms with Gasteiger partial charge in [-0.2, -0.15) is 0 Å². The van der Waals surface area contributed by atoms with Crippen LogP contribution >= 0.6 is 11.3 Å². The summed E-state index contributed by atoms with van der Waals surface area (Å²) in [6.07, 6.45) is -0.336. The number of methoxy groups -OCH3 is 1. The largest absolute Gasteiger partial charge is 0.381 e. The van der Waals surface area contributed by atoms with E-state index in [-0.39, 0.29) is 11.9 Å². The second-order valence-electron chi connectivity index (χ2n) is 4.68. The molecule has 1 aromatic heterocycles. The van der Waals surface area contributed by atoms with Crippen LogP contribution in [0.1, 0.15) is 11.9 Å². The maximum absolute atomic E-state index is 12.3. The number of ether oxygens (including phenoxy) is 1. The first-order chi connectivity index (χ1) is 9.33. The first kappa shape index (κ1) is 15.2. The minimum atomic E-state index is -3.39. The van der Waals surface area contributed by atoms with E-state index in [1.54, 1.807) is 31.4 Å². The number of anilines is 1. The second kappa shape index (κ2) is 5.67. The van der Waals surface area contributed by atoms with Gasteiger partial charge in [0.2, 0.25) is 10.0 Å². The number of aromatic nitrogens is 1. The van der Waals surface area contributed by atoms with Crippen molar-refractivity contribution in [1.29, 1.82) is 0 Å². The van der Waals surface area contributed by atoms with Crippen LogP contribution in [0.3, 0.4) is 0 Å². The Hall–Kier alpha value is -1.18. The molecule has 5 nitrogen and oxygen atoms in total. The summed E-state index contributed by atoms with van der Waals surface area (Å²) >= 11 is 1.56. The molecular formula is C13H18N2O3S2. The number of benzene rings is 1. The smallest absolute Gasteiger partial charge is 0.237 e. The molecular weight excluding hydrogens is 296 g/mol. The fourth-order valence-corrected chi connectivity index (χ4v) is 4.11. The third kappa shape index (κ3) is 3.11. The van der Waals surface area contributed by atoms with E-state index >= 15 is 0 Å². The van der Waals surface area contributed by atoms with E-state index in [4.69, 9.17) is 4.74 Å². The van der Waals surface area contributed by atoms with Gasteiger partial charge in [0.1, 0.15) is 0 Å². The Bertz CT molecular complexity index is 709. The van der Waals surface area contributed by atoms with Gasteiger partial charge in [0.05, 0.1) is 32.8 Å². The van der Waals surface area contributed by atoms with Gasteiger partial charge in [0.15, 0.2) is 0 Å². The Labute approximate surface area is 123 Å². The molecule has 0 bridgehead atoms. The molecule has 0 saturated heterocycles. The first-order valence-corrected chi connectivity index (χ1v) is 8.62. The van der Waals surface area contributed by atoms with Crippen molar-refractivity contribution in [2.75, 3.05) is 24.2 Å². The molecule has 0 N–H and O–H groups in total. The molecule has 0 spiro atoms. The average Bonchev–Trinajstić information content (AvgIpc) is 2.76. The van der Waals surface area contributed by atoms with Gasteiger partial charge < -0.3 is 4.74 Å². The Balaban J connectivity index is 2.32. The van der Waals surface area contributed by atoms with E-state index in [0.717, 1.165) is 15.2 Å². The van der Waals surface area contributed by atoms with Crippen LogP contribution < -0.4 is 4.31 Å². The lowest BCUT2D eigenvalue weighted by Gasteiger charge is -2.21. The fraction of sp³-hybridized carbons (Fsp3) is 0.462. The lowest BCUT2D eigenvalue weighted by atomic mass is 10.3. The number of aryl methyl sites for hydroxylation is 1. The molecule has 0 aliphatic rings. The molecule has 1 aromatic carbocycles. The summed E-state index contributed by atoms with van der Waals surface area (Å²) < 4.78 is 31.9. The summed E-state index contributed by atoms with van der Waals surface area (Å²) in [5, 5.41) is 0.968. The normalized spacial score (nSPS) is 13.6. The predicted octanol–water partition coefficient (Wildman–Crippen LogP) is 2.41. The fourth-order valence-electron chi connectivity index (χ4n) is 1.86. The monoisotopic (exact) mass is 314 g/mol. The summed E-state index contributed by atoms with van der Waals surface area (Å²) in [5.74, 6) is -0.0419. The van der Waals surface area contributed by atoms with Crippen molar-refractivity contribution in [2.45, 2.75) is 20.0 Å². The molecule has 20 heavy (non-hydrogen) atoms. The summed E-state index contributed by atoms with van der Waals surface area (Å²) in [4.78, 5) is 4.37. The maximum atomic E-state index is 12.3.